The zero-order chi connectivity index (χ0) is 43.9. The fourth-order valence-corrected chi connectivity index (χ4v) is 8.43. The SMILES string of the molecule is CCCCCCCCCCCCCCCCN(CCCCCCCCCCCCCCCC)C(=O)CN1CCN(CC(=O)O)CCN(CC(=O)O)CCN(CC(=O)O)CC1. The zero-order valence-corrected chi connectivity index (χ0v) is 38.9. The molecule has 1 amide bonds. The number of carboxylic acids is 3. The molecule has 60 heavy (non-hydrogen) atoms. The summed E-state index contributed by atoms with van der Waals surface area (Å²) in [5, 5.41) is 28.7. The van der Waals surface area contributed by atoms with E-state index in [4.69, 9.17) is 0 Å². The molecular weight excluding hydrogens is 759 g/mol. The summed E-state index contributed by atoms with van der Waals surface area (Å²) < 4.78 is 0. The van der Waals surface area contributed by atoms with Gasteiger partial charge in [0.05, 0.1) is 26.2 Å². The molecule has 12 nitrogen and oxygen atoms in total. The van der Waals surface area contributed by atoms with Gasteiger partial charge in [0, 0.05) is 65.4 Å². The second kappa shape index (κ2) is 39.6. The van der Waals surface area contributed by atoms with Crippen molar-refractivity contribution in [1.29, 1.82) is 0 Å². The molecule has 1 aliphatic heterocycles. The lowest BCUT2D eigenvalue weighted by Crippen LogP contribution is -2.50. The van der Waals surface area contributed by atoms with Crippen LogP contribution in [0.5, 0.6) is 0 Å². The quantitative estimate of drug-likeness (QED) is 0.0512. The molecule has 1 heterocycles. The predicted molar refractivity (Wildman–Crippen MR) is 246 cm³/mol. The summed E-state index contributed by atoms with van der Waals surface area (Å²) in [5.74, 6) is -2.79. The molecule has 1 aliphatic rings. The van der Waals surface area contributed by atoms with Crippen LogP contribution in [0, 0.1) is 0 Å². The fraction of sp³-hybridized carbons (Fsp3) is 0.917. The van der Waals surface area contributed by atoms with Crippen LogP contribution in [0.4, 0.5) is 0 Å². The number of hydrogen-bond acceptors (Lipinski definition) is 8. The van der Waals surface area contributed by atoms with Crippen LogP contribution >= 0.6 is 0 Å². The summed E-state index contributed by atoms with van der Waals surface area (Å²) in [6.07, 6.45) is 36.2. The molecule has 1 saturated heterocycles. The van der Waals surface area contributed by atoms with Gasteiger partial charge in [0.1, 0.15) is 0 Å². The first kappa shape index (κ1) is 55.7. The smallest absolute Gasteiger partial charge is 0.317 e. The molecule has 1 rings (SSSR count). The van der Waals surface area contributed by atoms with Gasteiger partial charge in [-0.25, -0.2) is 0 Å². The first-order valence-corrected chi connectivity index (χ1v) is 25.0. The lowest BCUT2D eigenvalue weighted by Gasteiger charge is -2.33. The van der Waals surface area contributed by atoms with Crippen LogP contribution in [0.15, 0.2) is 0 Å². The van der Waals surface area contributed by atoms with Gasteiger partial charge in [-0.3, -0.25) is 38.8 Å². The highest BCUT2D eigenvalue weighted by atomic mass is 16.4. The third-order valence-electron chi connectivity index (χ3n) is 12.3. The molecule has 0 atom stereocenters. The molecule has 0 aromatic heterocycles. The Hall–Kier alpha value is -2.28. The molecule has 0 saturated carbocycles. The number of carboxylic acid groups (broad SMARTS) is 3. The first-order chi connectivity index (χ1) is 29.1. The standard InChI is InChI=1S/C48H93N5O7/c1-3-5-7-9-11-13-15-17-19-21-23-25-27-29-31-53(32-30-28-26-24-22-20-18-16-14-12-10-8-6-4-2)45(54)41-49-33-35-50(42-46(55)56)37-39-52(44-48(59)60)40-38-51(36-34-49)43-47(57)58/h3-44H2,1-2H3,(H,55,56)(H,57,58)(H,59,60). The molecule has 1 fully saturated rings. The molecule has 0 aromatic rings. The Kier molecular flexibility index (Phi) is 36.7. The summed E-state index contributed by atoms with van der Waals surface area (Å²) in [6, 6.07) is 0. The number of amides is 1. The Balaban J connectivity index is 2.75. The van der Waals surface area contributed by atoms with Gasteiger partial charge in [0.2, 0.25) is 5.91 Å². The molecule has 0 spiro atoms. The fourth-order valence-electron chi connectivity index (χ4n) is 8.43. The number of unbranched alkanes of at least 4 members (excludes halogenated alkanes) is 26. The molecule has 0 unspecified atom stereocenters. The van der Waals surface area contributed by atoms with E-state index in [0.717, 1.165) is 38.8 Å². The minimum atomic E-state index is -0.978. The van der Waals surface area contributed by atoms with Crippen molar-refractivity contribution in [3.05, 3.63) is 0 Å². The Morgan fingerprint density at radius 1 is 0.333 bits per heavy atom. The highest BCUT2D eigenvalue weighted by Crippen LogP contribution is 2.16. The number of rotatable bonds is 38. The van der Waals surface area contributed by atoms with E-state index in [-0.39, 0.29) is 32.1 Å². The van der Waals surface area contributed by atoms with E-state index in [9.17, 15) is 34.5 Å². The van der Waals surface area contributed by atoms with Gasteiger partial charge in [-0.05, 0) is 12.8 Å². The van der Waals surface area contributed by atoms with Crippen molar-refractivity contribution in [2.75, 3.05) is 91.6 Å². The second-order valence-corrected chi connectivity index (χ2v) is 17.9. The van der Waals surface area contributed by atoms with Gasteiger partial charge >= 0.3 is 17.9 Å². The number of nitrogens with zero attached hydrogens (tertiary/aromatic N) is 5. The van der Waals surface area contributed by atoms with E-state index in [2.05, 4.69) is 23.6 Å². The predicted octanol–water partition coefficient (Wildman–Crippen LogP) is 9.25. The van der Waals surface area contributed by atoms with Crippen LogP contribution in [-0.4, -0.2) is 155 Å². The minimum Gasteiger partial charge on any atom is -0.480 e. The van der Waals surface area contributed by atoms with Crippen molar-refractivity contribution in [3.63, 3.8) is 0 Å². The maximum atomic E-state index is 14.1. The topological polar surface area (TPSA) is 145 Å². The summed E-state index contributed by atoms with van der Waals surface area (Å²) >= 11 is 0. The van der Waals surface area contributed by atoms with Crippen LogP contribution in [0.3, 0.4) is 0 Å². The molecule has 0 bridgehead atoms. The second-order valence-electron chi connectivity index (χ2n) is 17.9. The highest BCUT2D eigenvalue weighted by Gasteiger charge is 2.23. The Morgan fingerprint density at radius 2 is 0.533 bits per heavy atom. The van der Waals surface area contributed by atoms with Crippen molar-refractivity contribution >= 4 is 23.8 Å². The average Bonchev–Trinajstić information content (AvgIpc) is 3.20. The maximum absolute atomic E-state index is 14.1. The average molecular weight is 852 g/mol. The summed E-state index contributed by atoms with van der Waals surface area (Å²) in [4.78, 5) is 58.6. The summed E-state index contributed by atoms with van der Waals surface area (Å²) in [7, 11) is 0. The van der Waals surface area contributed by atoms with Gasteiger partial charge < -0.3 is 20.2 Å². The van der Waals surface area contributed by atoms with E-state index < -0.39 is 17.9 Å². The lowest BCUT2D eigenvalue weighted by molar-refractivity contribution is -0.140. The summed E-state index contributed by atoms with van der Waals surface area (Å²) in [5.41, 5.74) is 0. The minimum absolute atomic E-state index is 0.0914. The molecular formula is C48H93N5O7. The molecule has 0 aromatic carbocycles. The van der Waals surface area contributed by atoms with E-state index in [0.29, 0.717) is 52.4 Å². The van der Waals surface area contributed by atoms with Crippen molar-refractivity contribution in [1.82, 2.24) is 24.5 Å². The zero-order valence-electron chi connectivity index (χ0n) is 38.9. The molecule has 352 valence electrons. The number of hydrogen-bond donors (Lipinski definition) is 3. The number of carbonyl (C=O) groups is 4. The van der Waals surface area contributed by atoms with Gasteiger partial charge in [-0.1, -0.05) is 181 Å². The van der Waals surface area contributed by atoms with Gasteiger partial charge in [0.25, 0.3) is 0 Å². The normalized spacial score (nSPS) is 15.4. The Morgan fingerprint density at radius 3 is 0.750 bits per heavy atom. The van der Waals surface area contributed by atoms with E-state index in [1.165, 1.54) is 154 Å². The van der Waals surface area contributed by atoms with Crippen molar-refractivity contribution in [2.45, 2.75) is 194 Å². The molecule has 0 radical (unpaired) electrons. The maximum Gasteiger partial charge on any atom is 0.317 e. The largest absolute Gasteiger partial charge is 0.480 e. The Bertz CT molecular complexity index is 1000. The molecule has 3 N–H and O–H groups in total. The third-order valence-corrected chi connectivity index (χ3v) is 12.3. The van der Waals surface area contributed by atoms with E-state index in [1.54, 1.807) is 4.90 Å². The van der Waals surface area contributed by atoms with Gasteiger partial charge in [0.15, 0.2) is 0 Å². The van der Waals surface area contributed by atoms with Crippen LogP contribution in [0.1, 0.15) is 194 Å². The van der Waals surface area contributed by atoms with Crippen LogP contribution in [0.25, 0.3) is 0 Å². The summed E-state index contributed by atoms with van der Waals surface area (Å²) in [6.45, 7) is 8.90. The monoisotopic (exact) mass is 852 g/mol. The Labute approximate surface area is 367 Å². The van der Waals surface area contributed by atoms with Crippen LogP contribution in [0.2, 0.25) is 0 Å². The molecule has 12 heteroatoms. The molecule has 0 aliphatic carbocycles. The van der Waals surface area contributed by atoms with Crippen molar-refractivity contribution in [3.8, 4) is 0 Å². The van der Waals surface area contributed by atoms with Crippen LogP contribution in [-0.2, 0) is 19.2 Å². The van der Waals surface area contributed by atoms with Crippen LogP contribution < -0.4 is 0 Å². The van der Waals surface area contributed by atoms with Gasteiger partial charge in [-0.15, -0.1) is 0 Å². The van der Waals surface area contributed by atoms with Gasteiger partial charge in [-0.2, -0.15) is 0 Å². The first-order valence-electron chi connectivity index (χ1n) is 25.0. The van der Waals surface area contributed by atoms with E-state index in [1.807, 2.05) is 9.80 Å². The van der Waals surface area contributed by atoms with E-state index >= 15 is 0 Å². The highest BCUT2D eigenvalue weighted by molar-refractivity contribution is 5.78. The number of carbonyl (C=O) groups excluding carboxylic acids is 1. The lowest BCUT2D eigenvalue weighted by atomic mass is 10.0. The van der Waals surface area contributed by atoms with Crippen molar-refractivity contribution < 1.29 is 34.5 Å². The van der Waals surface area contributed by atoms with Crippen molar-refractivity contribution in [2.24, 2.45) is 0 Å². The third kappa shape index (κ3) is 34.3. The number of aliphatic carboxylic acids is 3.